The molecular weight excluding hydrogens is 190 g/mol. The summed E-state index contributed by atoms with van der Waals surface area (Å²) in [5, 5.41) is 0. The summed E-state index contributed by atoms with van der Waals surface area (Å²) in [4.78, 5) is 17.5. The van der Waals surface area contributed by atoms with Gasteiger partial charge in [-0.05, 0) is 18.1 Å². The fraction of sp³-hybridized carbons (Fsp3) is 0.455. The quantitative estimate of drug-likeness (QED) is 0.766. The van der Waals surface area contributed by atoms with E-state index in [1.54, 1.807) is 12.4 Å². The monoisotopic (exact) mass is 205 g/mol. The van der Waals surface area contributed by atoms with Crippen molar-refractivity contribution in [3.63, 3.8) is 0 Å². The summed E-state index contributed by atoms with van der Waals surface area (Å²) < 4.78 is 0. The van der Waals surface area contributed by atoms with Gasteiger partial charge in [0.05, 0.1) is 0 Å². The van der Waals surface area contributed by atoms with Gasteiger partial charge in [0.15, 0.2) is 0 Å². The number of pyridine rings is 1. The average Bonchev–Trinajstić information content (AvgIpc) is 2.24. The molecule has 4 nitrogen and oxygen atoms in total. The predicted molar refractivity (Wildman–Crippen MR) is 56.9 cm³/mol. The standard InChI is InChI=1S/C11H15N3O/c12-10-3-5-14(11(15)6-10)8-9-2-1-4-13-7-9/h1-2,4,7,10H,3,5-6,8,12H2. The van der Waals surface area contributed by atoms with Crippen LogP contribution in [0.4, 0.5) is 0 Å². The Labute approximate surface area is 89.1 Å². The maximum atomic E-state index is 11.6. The minimum atomic E-state index is 0.0441. The fourth-order valence-electron chi connectivity index (χ4n) is 1.78. The maximum Gasteiger partial charge on any atom is 0.224 e. The number of carbonyl (C=O) groups excluding carboxylic acids is 1. The van der Waals surface area contributed by atoms with Crippen LogP contribution in [0, 0.1) is 0 Å². The molecule has 15 heavy (non-hydrogen) atoms. The van der Waals surface area contributed by atoms with Crippen molar-refractivity contribution in [2.45, 2.75) is 25.4 Å². The number of piperidine rings is 1. The average molecular weight is 205 g/mol. The summed E-state index contributed by atoms with van der Waals surface area (Å²) >= 11 is 0. The SMILES string of the molecule is NC1CCN(Cc2cccnc2)C(=O)C1. The predicted octanol–water partition coefficient (Wildman–Crippen LogP) is 0.531. The van der Waals surface area contributed by atoms with Gasteiger partial charge in [-0.3, -0.25) is 9.78 Å². The lowest BCUT2D eigenvalue weighted by Crippen LogP contribution is -2.43. The van der Waals surface area contributed by atoms with E-state index in [0.717, 1.165) is 18.5 Å². The van der Waals surface area contributed by atoms with Crippen molar-refractivity contribution in [1.29, 1.82) is 0 Å². The van der Waals surface area contributed by atoms with Crippen molar-refractivity contribution < 1.29 is 4.79 Å². The summed E-state index contributed by atoms with van der Waals surface area (Å²) in [6.45, 7) is 1.41. The van der Waals surface area contributed by atoms with E-state index in [4.69, 9.17) is 5.73 Å². The zero-order chi connectivity index (χ0) is 10.7. The molecule has 2 N–H and O–H groups in total. The number of likely N-dealkylation sites (tertiary alicyclic amines) is 1. The number of hydrogen-bond donors (Lipinski definition) is 1. The summed E-state index contributed by atoms with van der Waals surface area (Å²) in [6, 6.07) is 3.91. The summed E-state index contributed by atoms with van der Waals surface area (Å²) in [5.41, 5.74) is 6.79. The molecule has 1 aromatic rings. The van der Waals surface area contributed by atoms with Crippen LogP contribution in [0.25, 0.3) is 0 Å². The number of rotatable bonds is 2. The molecule has 0 aliphatic carbocycles. The number of hydrogen-bond acceptors (Lipinski definition) is 3. The van der Waals surface area contributed by atoms with Gasteiger partial charge in [0.2, 0.25) is 5.91 Å². The molecule has 1 unspecified atom stereocenters. The van der Waals surface area contributed by atoms with E-state index in [9.17, 15) is 4.79 Å². The van der Waals surface area contributed by atoms with Crippen molar-refractivity contribution in [3.8, 4) is 0 Å². The normalized spacial score (nSPS) is 21.8. The van der Waals surface area contributed by atoms with Gasteiger partial charge in [-0.2, -0.15) is 0 Å². The Balaban J connectivity index is 1.98. The van der Waals surface area contributed by atoms with Crippen molar-refractivity contribution in [2.75, 3.05) is 6.54 Å². The third-order valence-corrected chi connectivity index (χ3v) is 2.66. The lowest BCUT2D eigenvalue weighted by molar-refractivity contribution is -0.134. The summed E-state index contributed by atoms with van der Waals surface area (Å²) in [5.74, 6) is 0.151. The van der Waals surface area contributed by atoms with Crippen LogP contribution in [0.2, 0.25) is 0 Å². The molecule has 80 valence electrons. The van der Waals surface area contributed by atoms with Gasteiger partial charge in [0, 0.05) is 37.9 Å². The second-order valence-electron chi connectivity index (χ2n) is 3.93. The molecule has 1 aromatic heterocycles. The molecule has 0 spiro atoms. The van der Waals surface area contributed by atoms with Crippen LogP contribution in [0.15, 0.2) is 24.5 Å². The van der Waals surface area contributed by atoms with Gasteiger partial charge in [-0.15, -0.1) is 0 Å². The molecule has 1 amide bonds. The van der Waals surface area contributed by atoms with Crippen molar-refractivity contribution in [3.05, 3.63) is 30.1 Å². The lowest BCUT2D eigenvalue weighted by Gasteiger charge is -2.29. The van der Waals surface area contributed by atoms with Gasteiger partial charge in [-0.1, -0.05) is 6.07 Å². The van der Waals surface area contributed by atoms with Gasteiger partial charge >= 0.3 is 0 Å². The lowest BCUT2D eigenvalue weighted by atomic mass is 10.0. The molecule has 0 bridgehead atoms. The van der Waals surface area contributed by atoms with Crippen LogP contribution >= 0.6 is 0 Å². The highest BCUT2D eigenvalue weighted by atomic mass is 16.2. The molecule has 1 fully saturated rings. The van der Waals surface area contributed by atoms with Gasteiger partial charge < -0.3 is 10.6 Å². The number of aromatic nitrogens is 1. The number of nitrogens with zero attached hydrogens (tertiary/aromatic N) is 2. The zero-order valence-electron chi connectivity index (χ0n) is 8.60. The first-order valence-electron chi connectivity index (χ1n) is 5.18. The summed E-state index contributed by atoms with van der Waals surface area (Å²) in [6.07, 6.45) is 4.89. The van der Waals surface area contributed by atoms with Crippen LogP contribution in [-0.2, 0) is 11.3 Å². The minimum Gasteiger partial charge on any atom is -0.338 e. The minimum absolute atomic E-state index is 0.0441. The number of carbonyl (C=O) groups is 1. The number of nitrogens with two attached hydrogens (primary N) is 1. The van der Waals surface area contributed by atoms with E-state index in [2.05, 4.69) is 4.98 Å². The molecule has 2 rings (SSSR count). The van der Waals surface area contributed by atoms with E-state index in [-0.39, 0.29) is 11.9 Å². The van der Waals surface area contributed by atoms with Crippen LogP contribution in [-0.4, -0.2) is 28.4 Å². The molecule has 2 heterocycles. The Morgan fingerprint density at radius 1 is 1.60 bits per heavy atom. The third-order valence-electron chi connectivity index (χ3n) is 2.66. The molecule has 0 saturated carbocycles. The van der Waals surface area contributed by atoms with Gasteiger partial charge in [-0.25, -0.2) is 0 Å². The molecule has 4 heteroatoms. The van der Waals surface area contributed by atoms with E-state index in [0.29, 0.717) is 13.0 Å². The van der Waals surface area contributed by atoms with Crippen molar-refractivity contribution >= 4 is 5.91 Å². The van der Waals surface area contributed by atoms with E-state index >= 15 is 0 Å². The second kappa shape index (κ2) is 4.40. The molecular formula is C11H15N3O. The smallest absolute Gasteiger partial charge is 0.224 e. The van der Waals surface area contributed by atoms with Crippen LogP contribution in [0.3, 0.4) is 0 Å². The van der Waals surface area contributed by atoms with Crippen molar-refractivity contribution in [2.24, 2.45) is 5.73 Å². The Morgan fingerprint density at radius 3 is 3.13 bits per heavy atom. The fourth-order valence-corrected chi connectivity index (χ4v) is 1.78. The van der Waals surface area contributed by atoms with Crippen molar-refractivity contribution in [1.82, 2.24) is 9.88 Å². The molecule has 0 radical (unpaired) electrons. The largest absolute Gasteiger partial charge is 0.338 e. The molecule has 0 aromatic carbocycles. The first-order valence-corrected chi connectivity index (χ1v) is 5.18. The first-order chi connectivity index (χ1) is 7.25. The van der Waals surface area contributed by atoms with E-state index in [1.807, 2.05) is 17.0 Å². The Morgan fingerprint density at radius 2 is 2.47 bits per heavy atom. The topological polar surface area (TPSA) is 59.2 Å². The van der Waals surface area contributed by atoms with Crippen LogP contribution in [0.5, 0.6) is 0 Å². The Bertz CT molecular complexity index is 339. The van der Waals surface area contributed by atoms with Crippen LogP contribution < -0.4 is 5.73 Å². The third kappa shape index (κ3) is 2.53. The van der Waals surface area contributed by atoms with E-state index < -0.39 is 0 Å². The molecule has 1 saturated heterocycles. The first kappa shape index (κ1) is 10.1. The molecule has 1 atom stereocenters. The number of amides is 1. The Hall–Kier alpha value is -1.42. The highest BCUT2D eigenvalue weighted by Gasteiger charge is 2.22. The van der Waals surface area contributed by atoms with Gasteiger partial charge in [0.25, 0.3) is 0 Å². The van der Waals surface area contributed by atoms with E-state index in [1.165, 1.54) is 0 Å². The summed E-state index contributed by atoms with van der Waals surface area (Å²) in [7, 11) is 0. The zero-order valence-corrected chi connectivity index (χ0v) is 8.60. The Kier molecular flexibility index (Phi) is 2.97. The maximum absolute atomic E-state index is 11.6. The molecule has 1 aliphatic rings. The van der Waals surface area contributed by atoms with Crippen LogP contribution in [0.1, 0.15) is 18.4 Å². The highest BCUT2D eigenvalue weighted by Crippen LogP contribution is 2.13. The van der Waals surface area contributed by atoms with Gasteiger partial charge in [0.1, 0.15) is 0 Å². The highest BCUT2D eigenvalue weighted by molar-refractivity contribution is 5.77. The second-order valence-corrected chi connectivity index (χ2v) is 3.93. The molecule has 1 aliphatic heterocycles.